The molecule has 2 unspecified atom stereocenters. The normalized spacial score (nSPS) is 31.6. The molecule has 14 heavy (non-hydrogen) atoms. The van der Waals surface area contributed by atoms with E-state index < -0.39 is 5.60 Å². The third-order valence-corrected chi connectivity index (χ3v) is 2.88. The highest BCUT2D eigenvalue weighted by atomic mass is 16.3. The van der Waals surface area contributed by atoms with Gasteiger partial charge in [-0.15, -0.1) is 5.10 Å². The lowest BCUT2D eigenvalue weighted by molar-refractivity contribution is 0.0411. The van der Waals surface area contributed by atoms with Crippen molar-refractivity contribution >= 4 is 0 Å². The van der Waals surface area contributed by atoms with Crippen LogP contribution in [0.15, 0.2) is 30.0 Å². The molecule has 2 rings (SSSR count). The van der Waals surface area contributed by atoms with Crippen LogP contribution in [0.4, 0.5) is 0 Å². The molecule has 0 saturated heterocycles. The number of nitrogens with one attached hydrogen (secondary N) is 1. The standard InChI is InChI=1S/C10H13N3O/c1-7-4-3-5-10(14,8(7)2)9-6-11-13-12-9/h3-6,8,14H,1-2H3,(H,11,12,13). The van der Waals surface area contributed by atoms with E-state index >= 15 is 0 Å². The Morgan fingerprint density at radius 3 is 3.00 bits per heavy atom. The van der Waals surface area contributed by atoms with Gasteiger partial charge in [-0.3, -0.25) is 5.10 Å². The molecule has 4 heteroatoms. The largest absolute Gasteiger partial charge is 0.379 e. The molecule has 1 heterocycles. The molecule has 1 aromatic heterocycles. The highest BCUT2D eigenvalue weighted by Gasteiger charge is 2.37. The maximum absolute atomic E-state index is 10.4. The number of hydrogen-bond donors (Lipinski definition) is 2. The molecule has 0 aliphatic heterocycles. The van der Waals surface area contributed by atoms with Crippen molar-refractivity contribution in [1.29, 1.82) is 0 Å². The Bertz CT molecular complexity index is 380. The van der Waals surface area contributed by atoms with E-state index in [1.807, 2.05) is 26.0 Å². The first kappa shape index (κ1) is 9.15. The lowest BCUT2D eigenvalue weighted by Gasteiger charge is -2.32. The number of rotatable bonds is 1. The molecule has 2 N–H and O–H groups in total. The molecule has 4 nitrogen and oxygen atoms in total. The molecular formula is C10H13N3O. The van der Waals surface area contributed by atoms with Crippen LogP contribution in [-0.4, -0.2) is 20.5 Å². The summed E-state index contributed by atoms with van der Waals surface area (Å²) in [7, 11) is 0. The summed E-state index contributed by atoms with van der Waals surface area (Å²) >= 11 is 0. The fraction of sp³-hybridized carbons (Fsp3) is 0.400. The number of aromatic amines is 1. The van der Waals surface area contributed by atoms with E-state index in [1.54, 1.807) is 12.3 Å². The molecule has 2 atom stereocenters. The van der Waals surface area contributed by atoms with Crippen molar-refractivity contribution in [2.75, 3.05) is 0 Å². The molecule has 0 aromatic carbocycles. The van der Waals surface area contributed by atoms with Gasteiger partial charge in [-0.2, -0.15) is 0 Å². The molecule has 0 spiro atoms. The van der Waals surface area contributed by atoms with Gasteiger partial charge in [0.2, 0.25) is 0 Å². The van der Waals surface area contributed by atoms with Crippen LogP contribution in [-0.2, 0) is 5.60 Å². The van der Waals surface area contributed by atoms with Crippen molar-refractivity contribution in [3.63, 3.8) is 0 Å². The maximum Gasteiger partial charge on any atom is 0.135 e. The molecular weight excluding hydrogens is 178 g/mol. The number of allylic oxidation sites excluding steroid dienone is 2. The molecule has 0 bridgehead atoms. The average Bonchev–Trinajstić information content (AvgIpc) is 2.67. The van der Waals surface area contributed by atoms with Crippen LogP contribution in [0.25, 0.3) is 0 Å². The summed E-state index contributed by atoms with van der Waals surface area (Å²) < 4.78 is 0. The third-order valence-electron chi connectivity index (χ3n) is 2.88. The van der Waals surface area contributed by atoms with Gasteiger partial charge in [0.15, 0.2) is 0 Å². The summed E-state index contributed by atoms with van der Waals surface area (Å²) in [6.07, 6.45) is 7.23. The van der Waals surface area contributed by atoms with Crippen molar-refractivity contribution in [1.82, 2.24) is 15.4 Å². The van der Waals surface area contributed by atoms with Crippen molar-refractivity contribution < 1.29 is 5.11 Å². The zero-order valence-corrected chi connectivity index (χ0v) is 8.23. The van der Waals surface area contributed by atoms with Gasteiger partial charge in [-0.25, -0.2) is 0 Å². The van der Waals surface area contributed by atoms with Gasteiger partial charge >= 0.3 is 0 Å². The van der Waals surface area contributed by atoms with Crippen LogP contribution in [0.1, 0.15) is 19.5 Å². The summed E-state index contributed by atoms with van der Waals surface area (Å²) in [5.74, 6) is 0.0256. The monoisotopic (exact) mass is 191 g/mol. The van der Waals surface area contributed by atoms with E-state index in [-0.39, 0.29) is 5.92 Å². The van der Waals surface area contributed by atoms with E-state index in [2.05, 4.69) is 15.4 Å². The van der Waals surface area contributed by atoms with Crippen LogP contribution in [0.2, 0.25) is 0 Å². The predicted octanol–water partition coefficient (Wildman–Crippen LogP) is 1.14. The van der Waals surface area contributed by atoms with E-state index in [0.717, 1.165) is 5.57 Å². The Balaban J connectivity index is 2.43. The fourth-order valence-corrected chi connectivity index (χ4v) is 1.69. The Kier molecular flexibility index (Phi) is 2.00. The van der Waals surface area contributed by atoms with Crippen molar-refractivity contribution in [3.05, 3.63) is 35.7 Å². The Morgan fingerprint density at radius 1 is 1.57 bits per heavy atom. The van der Waals surface area contributed by atoms with Gasteiger partial charge in [0.05, 0.1) is 0 Å². The number of nitrogens with zero attached hydrogens (tertiary/aromatic N) is 2. The molecule has 74 valence electrons. The summed E-state index contributed by atoms with van der Waals surface area (Å²) in [5, 5.41) is 20.5. The molecule has 1 aliphatic carbocycles. The van der Waals surface area contributed by atoms with Crippen molar-refractivity contribution in [2.24, 2.45) is 5.92 Å². The third kappa shape index (κ3) is 1.19. The Hall–Kier alpha value is -1.42. The molecule has 1 aromatic rings. The number of hydrogen-bond acceptors (Lipinski definition) is 3. The highest BCUT2D eigenvalue weighted by Crippen LogP contribution is 2.36. The van der Waals surface area contributed by atoms with Crippen molar-refractivity contribution in [3.8, 4) is 0 Å². The van der Waals surface area contributed by atoms with Gasteiger partial charge in [0.1, 0.15) is 11.3 Å². The molecule has 0 fully saturated rings. The minimum Gasteiger partial charge on any atom is -0.379 e. The number of aliphatic hydroxyl groups is 1. The lowest BCUT2D eigenvalue weighted by Crippen LogP contribution is -2.34. The molecule has 0 radical (unpaired) electrons. The quantitative estimate of drug-likeness (QED) is 0.699. The Labute approximate surface area is 82.3 Å². The van der Waals surface area contributed by atoms with Gasteiger partial charge < -0.3 is 5.11 Å². The first-order chi connectivity index (χ1) is 6.64. The summed E-state index contributed by atoms with van der Waals surface area (Å²) in [6.45, 7) is 3.98. The molecule has 0 amide bonds. The minimum atomic E-state index is -1.02. The number of aromatic nitrogens is 3. The van der Waals surface area contributed by atoms with Crippen LogP contribution in [0.5, 0.6) is 0 Å². The number of H-pyrrole nitrogens is 1. The minimum absolute atomic E-state index is 0.0256. The first-order valence-corrected chi connectivity index (χ1v) is 4.60. The fourth-order valence-electron chi connectivity index (χ4n) is 1.69. The average molecular weight is 191 g/mol. The zero-order chi connectivity index (χ0) is 10.2. The summed E-state index contributed by atoms with van der Waals surface area (Å²) in [4.78, 5) is 0. The van der Waals surface area contributed by atoms with Gasteiger partial charge in [-0.1, -0.05) is 29.9 Å². The highest BCUT2D eigenvalue weighted by molar-refractivity contribution is 5.31. The second-order valence-corrected chi connectivity index (χ2v) is 3.68. The SMILES string of the molecule is CC1=CC=CC(O)(c2c[nH]nn2)C1C. The van der Waals surface area contributed by atoms with Crippen LogP contribution < -0.4 is 0 Å². The second kappa shape index (κ2) is 3.06. The smallest absolute Gasteiger partial charge is 0.135 e. The zero-order valence-electron chi connectivity index (χ0n) is 8.23. The van der Waals surface area contributed by atoms with E-state index in [4.69, 9.17) is 0 Å². The van der Waals surface area contributed by atoms with E-state index in [9.17, 15) is 5.11 Å². The molecule has 1 aliphatic rings. The van der Waals surface area contributed by atoms with Gasteiger partial charge in [0.25, 0.3) is 0 Å². The summed E-state index contributed by atoms with van der Waals surface area (Å²) in [6, 6.07) is 0. The molecule has 0 saturated carbocycles. The van der Waals surface area contributed by atoms with Crippen LogP contribution >= 0.6 is 0 Å². The first-order valence-electron chi connectivity index (χ1n) is 4.60. The van der Waals surface area contributed by atoms with Gasteiger partial charge in [-0.05, 0) is 13.0 Å². The van der Waals surface area contributed by atoms with Crippen LogP contribution in [0.3, 0.4) is 0 Å². The lowest BCUT2D eigenvalue weighted by atomic mass is 9.78. The summed E-state index contributed by atoms with van der Waals surface area (Å²) in [5.41, 5.74) is 0.679. The topological polar surface area (TPSA) is 61.8 Å². The van der Waals surface area contributed by atoms with E-state index in [1.165, 1.54) is 0 Å². The second-order valence-electron chi connectivity index (χ2n) is 3.68. The maximum atomic E-state index is 10.4. The Morgan fingerprint density at radius 2 is 2.36 bits per heavy atom. The predicted molar refractivity (Wildman–Crippen MR) is 52.3 cm³/mol. The van der Waals surface area contributed by atoms with Gasteiger partial charge in [0, 0.05) is 12.1 Å². The van der Waals surface area contributed by atoms with E-state index in [0.29, 0.717) is 5.69 Å². The van der Waals surface area contributed by atoms with Crippen molar-refractivity contribution in [2.45, 2.75) is 19.4 Å². The van der Waals surface area contributed by atoms with Crippen LogP contribution in [0, 0.1) is 5.92 Å².